The maximum absolute atomic E-state index is 5.80. The molecule has 1 atom stereocenters. The fraction of sp³-hybridized carbons (Fsp3) is 0.333. The predicted molar refractivity (Wildman–Crippen MR) is 63.4 cm³/mol. The molecule has 0 unspecified atom stereocenters. The molecule has 0 saturated heterocycles. The molecule has 0 amide bonds. The quantitative estimate of drug-likeness (QED) is 0.834. The molecule has 0 spiro atoms. The van der Waals surface area contributed by atoms with Crippen molar-refractivity contribution in [2.24, 2.45) is 5.73 Å². The lowest BCUT2D eigenvalue weighted by Crippen LogP contribution is -2.05. The molecule has 1 aromatic heterocycles. The molecule has 2 aromatic rings. The summed E-state index contributed by atoms with van der Waals surface area (Å²) in [7, 11) is 0. The minimum absolute atomic E-state index is 0.0626. The zero-order valence-electron chi connectivity index (χ0n) is 9.81. The Balaban J connectivity index is 2.38. The first-order chi connectivity index (χ1) is 7.58. The van der Waals surface area contributed by atoms with Crippen LogP contribution in [0.25, 0.3) is 5.69 Å². The largest absolute Gasteiger partial charge is 0.324 e. The van der Waals surface area contributed by atoms with Crippen LogP contribution in [0.1, 0.15) is 30.2 Å². The van der Waals surface area contributed by atoms with Crippen molar-refractivity contribution in [2.45, 2.75) is 26.8 Å². The molecule has 0 radical (unpaired) electrons. The van der Waals surface area contributed by atoms with Crippen LogP contribution in [0.5, 0.6) is 0 Å². The first-order valence-electron chi connectivity index (χ1n) is 5.34. The van der Waals surface area contributed by atoms with Crippen molar-refractivity contribution < 1.29 is 0 Å². The van der Waals surface area contributed by atoms with Crippen molar-refractivity contribution in [3.05, 3.63) is 41.5 Å². The molecule has 16 heavy (non-hydrogen) atoms. The Morgan fingerprint density at radius 2 is 1.81 bits per heavy atom. The molecular formula is C12H16N4. The highest BCUT2D eigenvalue weighted by Crippen LogP contribution is 2.14. The number of rotatable bonds is 2. The molecule has 84 valence electrons. The van der Waals surface area contributed by atoms with Crippen LogP contribution in [-0.4, -0.2) is 14.8 Å². The summed E-state index contributed by atoms with van der Waals surface area (Å²) in [5, 5.41) is 4.33. The van der Waals surface area contributed by atoms with Gasteiger partial charge in [-0.1, -0.05) is 12.1 Å². The second kappa shape index (κ2) is 4.06. The first kappa shape index (κ1) is 10.8. The number of aryl methyl sites for hydroxylation is 2. The van der Waals surface area contributed by atoms with Crippen molar-refractivity contribution in [3.63, 3.8) is 0 Å². The Kier molecular flexibility index (Phi) is 2.75. The topological polar surface area (TPSA) is 56.7 Å². The molecule has 0 fully saturated rings. The molecule has 0 bridgehead atoms. The van der Waals surface area contributed by atoms with Crippen LogP contribution in [0.4, 0.5) is 0 Å². The maximum Gasteiger partial charge on any atom is 0.148 e. The van der Waals surface area contributed by atoms with Gasteiger partial charge in [-0.3, -0.25) is 0 Å². The van der Waals surface area contributed by atoms with E-state index in [0.717, 1.165) is 22.9 Å². The van der Waals surface area contributed by atoms with Gasteiger partial charge in [0.05, 0.1) is 5.69 Å². The summed E-state index contributed by atoms with van der Waals surface area (Å²) in [5.74, 6) is 1.68. The zero-order chi connectivity index (χ0) is 11.7. The average Bonchev–Trinajstić information content (AvgIpc) is 2.58. The summed E-state index contributed by atoms with van der Waals surface area (Å²) in [6.45, 7) is 5.80. The lowest BCUT2D eigenvalue weighted by atomic mass is 10.1. The lowest BCUT2D eigenvalue weighted by molar-refractivity contribution is 0.807. The van der Waals surface area contributed by atoms with Gasteiger partial charge in [0.1, 0.15) is 11.6 Å². The molecule has 0 aliphatic carbocycles. The smallest absolute Gasteiger partial charge is 0.148 e. The van der Waals surface area contributed by atoms with Crippen LogP contribution < -0.4 is 5.73 Å². The van der Waals surface area contributed by atoms with Gasteiger partial charge in [-0.25, -0.2) is 9.67 Å². The van der Waals surface area contributed by atoms with Crippen LogP contribution in [0.3, 0.4) is 0 Å². The highest BCUT2D eigenvalue weighted by atomic mass is 15.3. The van der Waals surface area contributed by atoms with Crippen LogP contribution in [0.2, 0.25) is 0 Å². The van der Waals surface area contributed by atoms with E-state index in [1.54, 1.807) is 0 Å². The summed E-state index contributed by atoms with van der Waals surface area (Å²) in [6, 6.07) is 8.14. The van der Waals surface area contributed by atoms with Gasteiger partial charge in [0.25, 0.3) is 0 Å². The summed E-state index contributed by atoms with van der Waals surface area (Å²) in [6.07, 6.45) is 0. The number of hydrogen-bond acceptors (Lipinski definition) is 3. The van der Waals surface area contributed by atoms with Gasteiger partial charge in [-0.2, -0.15) is 5.10 Å². The molecule has 4 heteroatoms. The van der Waals surface area contributed by atoms with Gasteiger partial charge in [-0.15, -0.1) is 0 Å². The van der Waals surface area contributed by atoms with Crippen LogP contribution in [0.15, 0.2) is 24.3 Å². The molecule has 1 aromatic carbocycles. The van der Waals surface area contributed by atoms with E-state index < -0.39 is 0 Å². The third kappa shape index (κ3) is 1.97. The molecule has 0 saturated carbocycles. The molecule has 2 N–H and O–H groups in total. The van der Waals surface area contributed by atoms with Crippen molar-refractivity contribution in [1.82, 2.24) is 14.8 Å². The Morgan fingerprint density at radius 1 is 1.19 bits per heavy atom. The fourth-order valence-corrected chi connectivity index (χ4v) is 1.68. The number of nitrogens with zero attached hydrogens (tertiary/aromatic N) is 3. The Morgan fingerprint density at radius 3 is 2.25 bits per heavy atom. The number of hydrogen-bond donors (Lipinski definition) is 1. The van der Waals surface area contributed by atoms with Gasteiger partial charge in [0.2, 0.25) is 0 Å². The van der Waals surface area contributed by atoms with E-state index in [1.807, 2.05) is 49.7 Å². The van der Waals surface area contributed by atoms with E-state index in [1.165, 1.54) is 0 Å². The van der Waals surface area contributed by atoms with E-state index in [9.17, 15) is 0 Å². The summed E-state index contributed by atoms with van der Waals surface area (Å²) in [5.41, 5.74) is 7.94. The maximum atomic E-state index is 5.80. The number of benzene rings is 1. The Hall–Kier alpha value is -1.68. The van der Waals surface area contributed by atoms with Gasteiger partial charge in [0, 0.05) is 6.04 Å². The third-order valence-electron chi connectivity index (χ3n) is 2.54. The monoisotopic (exact) mass is 216 g/mol. The standard InChI is InChI=1S/C12H16N4/c1-8(13)11-4-6-12(7-5-11)16-10(3)14-9(2)15-16/h4-8H,13H2,1-3H3/t8-/m1/s1. The van der Waals surface area contributed by atoms with Crippen LogP contribution in [0, 0.1) is 13.8 Å². The summed E-state index contributed by atoms with van der Waals surface area (Å²) < 4.78 is 1.83. The van der Waals surface area contributed by atoms with E-state index in [2.05, 4.69) is 10.1 Å². The van der Waals surface area contributed by atoms with Crippen molar-refractivity contribution in [1.29, 1.82) is 0 Å². The minimum atomic E-state index is 0.0626. The normalized spacial score (nSPS) is 12.8. The summed E-state index contributed by atoms with van der Waals surface area (Å²) >= 11 is 0. The molecule has 0 aliphatic heterocycles. The highest BCUT2D eigenvalue weighted by molar-refractivity contribution is 5.35. The Labute approximate surface area is 95.1 Å². The second-order valence-corrected chi connectivity index (χ2v) is 4.00. The van der Waals surface area contributed by atoms with E-state index in [-0.39, 0.29) is 6.04 Å². The van der Waals surface area contributed by atoms with Gasteiger partial charge >= 0.3 is 0 Å². The van der Waals surface area contributed by atoms with Crippen LogP contribution in [-0.2, 0) is 0 Å². The average molecular weight is 216 g/mol. The molecule has 0 aliphatic rings. The van der Waals surface area contributed by atoms with Gasteiger partial charge < -0.3 is 5.73 Å². The lowest BCUT2D eigenvalue weighted by Gasteiger charge is -2.07. The van der Waals surface area contributed by atoms with Gasteiger partial charge in [0.15, 0.2) is 0 Å². The van der Waals surface area contributed by atoms with Gasteiger partial charge in [-0.05, 0) is 38.5 Å². The zero-order valence-corrected chi connectivity index (χ0v) is 9.81. The van der Waals surface area contributed by atoms with Crippen molar-refractivity contribution in [2.75, 3.05) is 0 Å². The number of aromatic nitrogens is 3. The fourth-order valence-electron chi connectivity index (χ4n) is 1.68. The van der Waals surface area contributed by atoms with E-state index >= 15 is 0 Å². The van der Waals surface area contributed by atoms with E-state index in [0.29, 0.717) is 0 Å². The predicted octanol–water partition coefficient (Wildman–Crippen LogP) is 1.90. The molecule has 4 nitrogen and oxygen atoms in total. The SMILES string of the molecule is Cc1nc(C)n(-c2ccc([C@@H](C)N)cc2)n1. The van der Waals surface area contributed by atoms with Crippen molar-refractivity contribution >= 4 is 0 Å². The summed E-state index contributed by atoms with van der Waals surface area (Å²) in [4.78, 5) is 4.27. The van der Waals surface area contributed by atoms with E-state index in [4.69, 9.17) is 5.73 Å². The molecule has 2 rings (SSSR count). The second-order valence-electron chi connectivity index (χ2n) is 4.00. The Bertz CT molecular complexity index is 482. The number of nitrogens with two attached hydrogens (primary N) is 1. The first-order valence-corrected chi connectivity index (χ1v) is 5.34. The highest BCUT2D eigenvalue weighted by Gasteiger charge is 2.05. The van der Waals surface area contributed by atoms with Crippen molar-refractivity contribution in [3.8, 4) is 5.69 Å². The van der Waals surface area contributed by atoms with Crippen LogP contribution >= 0.6 is 0 Å². The third-order valence-corrected chi connectivity index (χ3v) is 2.54. The molecule has 1 heterocycles. The minimum Gasteiger partial charge on any atom is -0.324 e. The molecular weight excluding hydrogens is 200 g/mol.